The van der Waals surface area contributed by atoms with Gasteiger partial charge in [-0.25, -0.2) is 0 Å². The number of ether oxygens (including phenoxy) is 3. The van der Waals surface area contributed by atoms with Crippen LogP contribution in [0.3, 0.4) is 0 Å². The fourth-order valence-corrected chi connectivity index (χ4v) is 5.10. The maximum absolute atomic E-state index is 12.2. The van der Waals surface area contributed by atoms with Gasteiger partial charge in [-0.2, -0.15) is 0 Å². The predicted octanol–water partition coefficient (Wildman–Crippen LogP) is 2.07. The van der Waals surface area contributed by atoms with Crippen molar-refractivity contribution in [1.82, 2.24) is 0 Å². The Morgan fingerprint density at radius 1 is 0.516 bits per heavy atom. The molecule has 31 heavy (non-hydrogen) atoms. The van der Waals surface area contributed by atoms with Gasteiger partial charge in [-0.15, -0.1) is 0 Å². The summed E-state index contributed by atoms with van der Waals surface area (Å²) in [5.41, 5.74) is 0. The van der Waals surface area contributed by atoms with Crippen LogP contribution in [0.1, 0.15) is 77.0 Å². The van der Waals surface area contributed by atoms with E-state index in [9.17, 15) is 14.4 Å². The Hall–Kier alpha value is -1.63. The van der Waals surface area contributed by atoms with Crippen molar-refractivity contribution in [3.63, 3.8) is 0 Å². The molecule has 0 amide bonds. The highest BCUT2D eigenvalue weighted by Crippen LogP contribution is 2.27. The van der Waals surface area contributed by atoms with E-state index in [1.807, 2.05) is 0 Å². The third-order valence-corrected chi connectivity index (χ3v) is 7.17. The molecule has 3 aliphatic carbocycles. The monoisotopic (exact) mass is 438 g/mol. The minimum absolute atomic E-state index is 0.0585. The number of carbonyl (C=O) groups excluding carboxylic acids is 3. The van der Waals surface area contributed by atoms with Crippen LogP contribution in [0.5, 0.6) is 0 Å². The van der Waals surface area contributed by atoms with Crippen molar-refractivity contribution in [2.24, 2.45) is 17.8 Å². The molecule has 7 nitrogen and oxygen atoms in total. The van der Waals surface area contributed by atoms with Crippen molar-refractivity contribution in [2.45, 2.75) is 77.0 Å². The van der Waals surface area contributed by atoms with Crippen molar-refractivity contribution in [3.05, 3.63) is 0 Å². The molecule has 3 fully saturated rings. The van der Waals surface area contributed by atoms with Crippen LogP contribution in [0.25, 0.3) is 0 Å². The van der Waals surface area contributed by atoms with Gasteiger partial charge in [-0.1, -0.05) is 38.5 Å². The summed E-state index contributed by atoms with van der Waals surface area (Å²) in [5.74, 6) is -0.0823. The normalized spacial score (nSPS) is 20.4. The Labute approximate surface area is 186 Å². The number of hydrogen-bond acceptors (Lipinski definition) is 6. The quantitative estimate of drug-likeness (QED) is 0.371. The minimum Gasteiger partial charge on any atom is -0.459 e. The molecule has 3 aliphatic rings. The van der Waals surface area contributed by atoms with Crippen molar-refractivity contribution < 1.29 is 33.5 Å². The molecule has 1 N–H and O–H groups in total. The molecule has 0 bridgehead atoms. The second-order valence-electron chi connectivity index (χ2n) is 9.45. The lowest BCUT2D eigenvalue weighted by Crippen LogP contribution is -3.13. The molecule has 7 heteroatoms. The van der Waals surface area contributed by atoms with E-state index in [2.05, 4.69) is 0 Å². The van der Waals surface area contributed by atoms with E-state index in [4.69, 9.17) is 14.2 Å². The first-order valence-corrected chi connectivity index (χ1v) is 12.5. The average molecular weight is 439 g/mol. The fourth-order valence-electron chi connectivity index (χ4n) is 5.10. The molecule has 0 atom stereocenters. The zero-order valence-electron chi connectivity index (χ0n) is 18.9. The summed E-state index contributed by atoms with van der Waals surface area (Å²) in [4.78, 5) is 37.6. The van der Waals surface area contributed by atoms with Crippen molar-refractivity contribution in [1.29, 1.82) is 0 Å². The van der Waals surface area contributed by atoms with Crippen molar-refractivity contribution in [3.8, 4) is 0 Å². The van der Waals surface area contributed by atoms with Gasteiger partial charge in [-0.05, 0) is 38.5 Å². The summed E-state index contributed by atoms with van der Waals surface area (Å²) in [7, 11) is 0. The summed E-state index contributed by atoms with van der Waals surface area (Å²) in [6.07, 6.45) is 12.2. The first-order valence-electron chi connectivity index (χ1n) is 12.5. The van der Waals surface area contributed by atoms with Gasteiger partial charge in [0, 0.05) is 0 Å². The third kappa shape index (κ3) is 8.09. The number of quaternary nitrogens is 1. The minimum atomic E-state index is -0.0860. The van der Waals surface area contributed by atoms with Crippen LogP contribution >= 0.6 is 0 Å². The summed E-state index contributed by atoms with van der Waals surface area (Å²) in [6, 6.07) is 0. The van der Waals surface area contributed by atoms with E-state index in [1.165, 1.54) is 0 Å². The van der Waals surface area contributed by atoms with Gasteiger partial charge in [0.15, 0.2) is 0 Å². The lowest BCUT2D eigenvalue weighted by Gasteiger charge is -2.21. The first kappa shape index (κ1) is 24.0. The van der Waals surface area contributed by atoms with Crippen LogP contribution in [-0.2, 0) is 28.6 Å². The molecule has 176 valence electrons. The summed E-state index contributed by atoms with van der Waals surface area (Å²) in [6.45, 7) is 2.91. The molecule has 0 radical (unpaired) electrons. The smallest absolute Gasteiger partial charge is 0.309 e. The average Bonchev–Trinajstić information content (AvgIpc) is 3.55. The van der Waals surface area contributed by atoms with E-state index in [0.29, 0.717) is 39.5 Å². The van der Waals surface area contributed by atoms with Crippen LogP contribution in [-0.4, -0.2) is 57.4 Å². The van der Waals surface area contributed by atoms with Crippen LogP contribution in [0.4, 0.5) is 0 Å². The second-order valence-corrected chi connectivity index (χ2v) is 9.45. The maximum Gasteiger partial charge on any atom is 0.309 e. The lowest BCUT2D eigenvalue weighted by molar-refractivity contribution is -0.900. The van der Waals surface area contributed by atoms with Gasteiger partial charge in [0.1, 0.15) is 39.5 Å². The van der Waals surface area contributed by atoms with Gasteiger partial charge >= 0.3 is 17.9 Å². The molecule has 0 aromatic rings. The molecular weight excluding hydrogens is 398 g/mol. The van der Waals surface area contributed by atoms with Gasteiger partial charge in [0.2, 0.25) is 0 Å². The third-order valence-electron chi connectivity index (χ3n) is 7.17. The van der Waals surface area contributed by atoms with Crippen LogP contribution in [0, 0.1) is 17.8 Å². The Bertz CT molecular complexity index is 496. The maximum atomic E-state index is 12.2. The van der Waals surface area contributed by atoms with Crippen LogP contribution < -0.4 is 4.90 Å². The Morgan fingerprint density at radius 2 is 0.774 bits per heavy atom. The first-order chi connectivity index (χ1) is 15.1. The molecule has 0 spiro atoms. The Morgan fingerprint density at radius 3 is 1.03 bits per heavy atom. The second kappa shape index (κ2) is 13.0. The molecule has 0 aromatic carbocycles. The zero-order chi connectivity index (χ0) is 21.9. The molecule has 0 unspecified atom stereocenters. The molecule has 3 rings (SSSR count). The highest BCUT2D eigenvalue weighted by Gasteiger charge is 2.27. The number of nitrogens with one attached hydrogen (secondary N) is 1. The summed E-state index contributed by atoms with van der Waals surface area (Å²) in [5, 5.41) is 0. The van der Waals surface area contributed by atoms with Crippen LogP contribution in [0.15, 0.2) is 0 Å². The largest absolute Gasteiger partial charge is 0.459 e. The number of carbonyl (C=O) groups is 3. The van der Waals surface area contributed by atoms with Crippen molar-refractivity contribution in [2.75, 3.05) is 39.5 Å². The van der Waals surface area contributed by atoms with E-state index in [-0.39, 0.29) is 35.7 Å². The molecular formula is C24H40NO6+. The van der Waals surface area contributed by atoms with E-state index in [0.717, 1.165) is 81.9 Å². The molecule has 0 aliphatic heterocycles. The van der Waals surface area contributed by atoms with E-state index in [1.54, 1.807) is 0 Å². The predicted molar refractivity (Wildman–Crippen MR) is 114 cm³/mol. The van der Waals surface area contributed by atoms with Gasteiger partial charge in [-0.3, -0.25) is 14.4 Å². The highest BCUT2D eigenvalue weighted by atomic mass is 16.5. The summed E-state index contributed by atoms with van der Waals surface area (Å²) >= 11 is 0. The molecule has 0 heterocycles. The SMILES string of the molecule is O=C(OCC[NH+](CCOC(=O)C1CCCC1)CCOC(=O)C1CCCC1)C1CCCC1. The van der Waals surface area contributed by atoms with Gasteiger partial charge < -0.3 is 19.1 Å². The highest BCUT2D eigenvalue weighted by molar-refractivity contribution is 5.73. The fraction of sp³-hybridized carbons (Fsp3) is 0.875. The Balaban J connectivity index is 1.37. The van der Waals surface area contributed by atoms with E-state index >= 15 is 0 Å². The standard InChI is InChI=1S/C24H39NO6/c26-22(19-7-1-2-8-19)29-16-13-25(14-17-30-23(27)20-9-3-4-10-20)15-18-31-24(28)21-11-5-6-12-21/h19-21H,1-18H2/p+1. The van der Waals surface area contributed by atoms with Crippen molar-refractivity contribution >= 4 is 17.9 Å². The topological polar surface area (TPSA) is 83.3 Å². The molecule has 0 saturated heterocycles. The molecule has 3 saturated carbocycles. The zero-order valence-corrected chi connectivity index (χ0v) is 18.9. The summed E-state index contributed by atoms with van der Waals surface area (Å²) < 4.78 is 16.5. The number of esters is 3. The van der Waals surface area contributed by atoms with Crippen LogP contribution in [0.2, 0.25) is 0 Å². The molecule has 0 aromatic heterocycles. The Kier molecular flexibility index (Phi) is 10.1. The van der Waals surface area contributed by atoms with Gasteiger partial charge in [0.25, 0.3) is 0 Å². The number of rotatable bonds is 12. The van der Waals surface area contributed by atoms with E-state index < -0.39 is 0 Å². The number of hydrogen-bond donors (Lipinski definition) is 1. The van der Waals surface area contributed by atoms with Gasteiger partial charge in [0.05, 0.1) is 17.8 Å². The lowest BCUT2D eigenvalue weighted by atomic mass is 10.1.